The minimum atomic E-state index is -0.301. The quantitative estimate of drug-likeness (QED) is 0.830. The van der Waals surface area contributed by atoms with Crippen molar-refractivity contribution >= 4 is 15.9 Å². The van der Waals surface area contributed by atoms with Gasteiger partial charge in [-0.05, 0) is 47.8 Å². The molecule has 2 rings (SSSR count). The van der Waals surface area contributed by atoms with E-state index in [2.05, 4.69) is 28.2 Å². The van der Waals surface area contributed by atoms with E-state index >= 15 is 0 Å². The van der Waals surface area contributed by atoms with Crippen LogP contribution in [0.1, 0.15) is 37.8 Å². The van der Waals surface area contributed by atoms with Gasteiger partial charge in [0, 0.05) is 30.2 Å². The van der Waals surface area contributed by atoms with E-state index in [4.69, 9.17) is 9.47 Å². The molecule has 118 valence electrons. The molecule has 2 unspecified atom stereocenters. The fourth-order valence-corrected chi connectivity index (χ4v) is 3.18. The highest BCUT2D eigenvalue weighted by atomic mass is 79.9. The first kappa shape index (κ1) is 16.7. The SMILES string of the molecule is CCCNC(c1cc(Br)c(F)cc1OC)C1CCCOC1. The molecule has 0 aromatic heterocycles. The van der Waals surface area contributed by atoms with Crippen LogP contribution in [-0.2, 0) is 4.74 Å². The van der Waals surface area contributed by atoms with E-state index < -0.39 is 0 Å². The number of halogens is 2. The lowest BCUT2D eigenvalue weighted by Gasteiger charge is -2.32. The fourth-order valence-electron chi connectivity index (χ4n) is 2.82. The Hall–Kier alpha value is -0.650. The third kappa shape index (κ3) is 4.18. The standard InChI is InChI=1S/C16H23BrFNO2/c1-3-6-19-16(11-5-4-7-21-10-11)12-8-13(17)14(18)9-15(12)20-2/h8-9,11,16,19H,3-7,10H2,1-2H3. The van der Waals surface area contributed by atoms with Crippen LogP contribution in [0.2, 0.25) is 0 Å². The normalized spacial score (nSPS) is 20.3. The van der Waals surface area contributed by atoms with Gasteiger partial charge in [-0.15, -0.1) is 0 Å². The van der Waals surface area contributed by atoms with E-state index in [1.54, 1.807) is 7.11 Å². The van der Waals surface area contributed by atoms with Crippen LogP contribution >= 0.6 is 15.9 Å². The van der Waals surface area contributed by atoms with Crippen molar-refractivity contribution in [3.63, 3.8) is 0 Å². The highest BCUT2D eigenvalue weighted by molar-refractivity contribution is 9.10. The van der Waals surface area contributed by atoms with E-state index in [1.807, 2.05) is 6.07 Å². The lowest BCUT2D eigenvalue weighted by atomic mass is 9.88. The second kappa shape index (κ2) is 8.11. The summed E-state index contributed by atoms with van der Waals surface area (Å²) in [4.78, 5) is 0. The maximum atomic E-state index is 13.7. The summed E-state index contributed by atoms with van der Waals surface area (Å²) >= 11 is 3.28. The molecule has 1 aliphatic heterocycles. The Labute approximate surface area is 134 Å². The maximum absolute atomic E-state index is 13.7. The van der Waals surface area contributed by atoms with Gasteiger partial charge < -0.3 is 14.8 Å². The first-order valence-corrected chi connectivity index (χ1v) is 8.30. The zero-order valence-corrected chi connectivity index (χ0v) is 14.2. The molecule has 1 heterocycles. The summed E-state index contributed by atoms with van der Waals surface area (Å²) in [5.74, 6) is 0.677. The number of rotatable bonds is 6. The van der Waals surface area contributed by atoms with Crippen molar-refractivity contribution in [3.8, 4) is 5.75 Å². The molecule has 1 N–H and O–H groups in total. The molecule has 0 bridgehead atoms. The van der Waals surface area contributed by atoms with Crippen LogP contribution in [0.4, 0.5) is 4.39 Å². The highest BCUT2D eigenvalue weighted by Gasteiger charge is 2.28. The molecule has 2 atom stereocenters. The van der Waals surface area contributed by atoms with Crippen LogP contribution in [0.25, 0.3) is 0 Å². The Kier molecular flexibility index (Phi) is 6.45. The average molecular weight is 360 g/mol. The average Bonchev–Trinajstić information content (AvgIpc) is 2.51. The number of nitrogens with one attached hydrogen (secondary N) is 1. The highest BCUT2D eigenvalue weighted by Crippen LogP contribution is 2.36. The van der Waals surface area contributed by atoms with Gasteiger partial charge in [-0.2, -0.15) is 0 Å². The summed E-state index contributed by atoms with van der Waals surface area (Å²) in [6.45, 7) is 4.62. The molecule has 0 aliphatic carbocycles. The van der Waals surface area contributed by atoms with Crippen molar-refractivity contribution in [2.75, 3.05) is 26.9 Å². The van der Waals surface area contributed by atoms with Gasteiger partial charge >= 0.3 is 0 Å². The molecule has 1 aliphatic rings. The van der Waals surface area contributed by atoms with Crippen LogP contribution in [0, 0.1) is 11.7 Å². The van der Waals surface area contributed by atoms with E-state index in [1.165, 1.54) is 6.07 Å². The van der Waals surface area contributed by atoms with Crippen LogP contribution < -0.4 is 10.1 Å². The predicted octanol–water partition coefficient (Wildman–Crippen LogP) is 4.06. The van der Waals surface area contributed by atoms with Crippen LogP contribution in [0.3, 0.4) is 0 Å². The maximum Gasteiger partial charge on any atom is 0.141 e. The smallest absolute Gasteiger partial charge is 0.141 e. The zero-order chi connectivity index (χ0) is 15.2. The van der Waals surface area contributed by atoms with Gasteiger partial charge in [0.15, 0.2) is 0 Å². The molecule has 21 heavy (non-hydrogen) atoms. The van der Waals surface area contributed by atoms with Gasteiger partial charge in [0.05, 0.1) is 18.2 Å². The second-order valence-electron chi connectivity index (χ2n) is 5.42. The van der Waals surface area contributed by atoms with Crippen molar-refractivity contribution in [1.29, 1.82) is 0 Å². The monoisotopic (exact) mass is 359 g/mol. The number of hydrogen-bond donors (Lipinski definition) is 1. The summed E-state index contributed by atoms with van der Waals surface area (Å²) in [6, 6.07) is 3.40. The van der Waals surface area contributed by atoms with Gasteiger partial charge in [0.2, 0.25) is 0 Å². The van der Waals surface area contributed by atoms with Crippen LogP contribution in [0.5, 0.6) is 5.75 Å². The van der Waals surface area contributed by atoms with Gasteiger partial charge in [0.25, 0.3) is 0 Å². The van der Waals surface area contributed by atoms with E-state index in [0.29, 0.717) is 16.1 Å². The minimum absolute atomic E-state index is 0.122. The van der Waals surface area contributed by atoms with Crippen molar-refractivity contribution in [3.05, 3.63) is 28.0 Å². The molecule has 0 saturated carbocycles. The van der Waals surface area contributed by atoms with E-state index in [-0.39, 0.29) is 11.9 Å². The van der Waals surface area contributed by atoms with Gasteiger partial charge in [-0.25, -0.2) is 4.39 Å². The Morgan fingerprint density at radius 2 is 2.33 bits per heavy atom. The lowest BCUT2D eigenvalue weighted by Crippen LogP contribution is -2.34. The third-order valence-corrected chi connectivity index (χ3v) is 4.50. The number of ether oxygens (including phenoxy) is 2. The molecule has 1 aromatic rings. The first-order chi connectivity index (χ1) is 10.2. The molecule has 5 heteroatoms. The predicted molar refractivity (Wildman–Crippen MR) is 85.2 cm³/mol. The molecule has 0 radical (unpaired) electrons. The van der Waals surface area contributed by atoms with Crippen molar-refractivity contribution in [2.24, 2.45) is 5.92 Å². The summed E-state index contributed by atoms with van der Waals surface area (Å²) < 4.78 is 25.2. The number of methoxy groups -OCH3 is 1. The Bertz CT molecular complexity index is 464. The molecule has 1 saturated heterocycles. The third-order valence-electron chi connectivity index (χ3n) is 3.89. The topological polar surface area (TPSA) is 30.5 Å². The molecular weight excluding hydrogens is 337 g/mol. The molecule has 3 nitrogen and oxygen atoms in total. The van der Waals surface area contributed by atoms with Crippen molar-refractivity contribution < 1.29 is 13.9 Å². The Morgan fingerprint density at radius 3 is 2.95 bits per heavy atom. The van der Waals surface area contributed by atoms with Gasteiger partial charge in [0.1, 0.15) is 11.6 Å². The molecule has 0 amide bonds. The molecule has 1 aromatic carbocycles. The largest absolute Gasteiger partial charge is 0.496 e. The number of hydrogen-bond acceptors (Lipinski definition) is 3. The van der Waals surface area contributed by atoms with Gasteiger partial charge in [-0.3, -0.25) is 0 Å². The van der Waals surface area contributed by atoms with Gasteiger partial charge in [-0.1, -0.05) is 6.92 Å². The summed E-state index contributed by atoms with van der Waals surface area (Å²) in [7, 11) is 1.58. The summed E-state index contributed by atoms with van der Waals surface area (Å²) in [5, 5.41) is 3.57. The Morgan fingerprint density at radius 1 is 1.52 bits per heavy atom. The van der Waals surface area contributed by atoms with Crippen LogP contribution in [0.15, 0.2) is 16.6 Å². The molecule has 0 spiro atoms. The van der Waals surface area contributed by atoms with Crippen LogP contribution in [-0.4, -0.2) is 26.9 Å². The second-order valence-corrected chi connectivity index (χ2v) is 6.27. The first-order valence-electron chi connectivity index (χ1n) is 7.51. The molecular formula is C16H23BrFNO2. The zero-order valence-electron chi connectivity index (χ0n) is 12.6. The minimum Gasteiger partial charge on any atom is -0.496 e. The molecule has 1 fully saturated rings. The van der Waals surface area contributed by atoms with E-state index in [9.17, 15) is 4.39 Å². The summed E-state index contributed by atoms with van der Waals surface area (Å²) in [5.41, 5.74) is 0.995. The van der Waals surface area contributed by atoms with Crippen molar-refractivity contribution in [2.45, 2.75) is 32.2 Å². The van der Waals surface area contributed by atoms with Crippen molar-refractivity contribution in [1.82, 2.24) is 5.32 Å². The lowest BCUT2D eigenvalue weighted by molar-refractivity contribution is 0.0386. The summed E-state index contributed by atoms with van der Waals surface area (Å²) in [6.07, 6.45) is 3.23. The number of benzene rings is 1. The Balaban J connectivity index is 2.32. The van der Waals surface area contributed by atoms with E-state index in [0.717, 1.165) is 44.6 Å². The fraction of sp³-hybridized carbons (Fsp3) is 0.625.